The Kier molecular flexibility index (Phi) is 6.68. The molecule has 0 aromatic rings. The van der Waals surface area contributed by atoms with Crippen LogP contribution in [0, 0.1) is 0 Å². The fraction of sp³-hybridized carbons (Fsp3) is 0.875. The van der Waals surface area contributed by atoms with E-state index in [1.165, 1.54) is 5.32 Å². The van der Waals surface area contributed by atoms with Gasteiger partial charge >= 0.3 is 12.1 Å². The number of nitrogens with one attached hydrogen (secondary N) is 1. The van der Waals surface area contributed by atoms with Crippen molar-refractivity contribution in [2.75, 3.05) is 20.3 Å². The molecule has 0 fully saturated rings. The van der Waals surface area contributed by atoms with Crippen molar-refractivity contribution in [3.63, 3.8) is 0 Å². The van der Waals surface area contributed by atoms with Crippen LogP contribution >= 0.6 is 0 Å². The molecule has 0 aliphatic rings. The van der Waals surface area contributed by atoms with Crippen molar-refractivity contribution < 1.29 is 31.9 Å². The maximum atomic E-state index is 11.7. The highest BCUT2D eigenvalue weighted by atomic mass is 28.4. The summed E-state index contributed by atoms with van der Waals surface area (Å²) in [6.45, 7) is 5.08. The van der Waals surface area contributed by atoms with E-state index >= 15 is 0 Å². The lowest BCUT2D eigenvalue weighted by Crippen LogP contribution is -2.38. The highest BCUT2D eigenvalue weighted by Gasteiger charge is 2.38. The smallest absolute Gasteiger partial charge is 0.395 e. The van der Waals surface area contributed by atoms with Crippen molar-refractivity contribution in [2.24, 2.45) is 0 Å². The van der Waals surface area contributed by atoms with Crippen molar-refractivity contribution in [3.05, 3.63) is 0 Å². The molecule has 9 heteroatoms. The highest BCUT2D eigenvalue weighted by Crippen LogP contribution is 2.13. The summed E-state index contributed by atoms with van der Waals surface area (Å²) >= 11 is 0. The molecule has 0 spiro atoms. The lowest BCUT2D eigenvalue weighted by atomic mass is 10.6. The number of alkyl halides is 3. The minimum Gasteiger partial charge on any atom is -0.395 e. The zero-order valence-corrected chi connectivity index (χ0v) is 10.9. The Bertz CT molecular complexity index is 242. The van der Waals surface area contributed by atoms with Gasteiger partial charge in [0.1, 0.15) is 13.5 Å². The molecular weight excluding hydrogens is 259 g/mol. The third-order valence-electron chi connectivity index (χ3n) is 1.33. The first-order chi connectivity index (χ1) is 7.63. The van der Waals surface area contributed by atoms with Gasteiger partial charge in [-0.25, -0.2) is 0 Å². The molecular formula is C8H16F3NO4Si. The summed E-state index contributed by atoms with van der Waals surface area (Å²) in [5.74, 6) is -2.05. The highest BCUT2D eigenvalue weighted by molar-refractivity contribution is 6.69. The summed E-state index contributed by atoms with van der Waals surface area (Å²) in [5, 5.41) is 1.53. The predicted octanol–water partition coefficient (Wildman–Crippen LogP) is 1.42. The molecule has 0 rings (SSSR count). The molecule has 5 nitrogen and oxygen atoms in total. The van der Waals surface area contributed by atoms with Crippen LogP contribution in [-0.4, -0.2) is 40.7 Å². The number of rotatable bonds is 7. The van der Waals surface area contributed by atoms with Crippen LogP contribution in [0.1, 0.15) is 0 Å². The molecule has 0 saturated carbocycles. The van der Waals surface area contributed by atoms with Gasteiger partial charge in [0, 0.05) is 0 Å². The molecule has 0 radical (unpaired) electrons. The summed E-state index contributed by atoms with van der Waals surface area (Å²) in [7, 11) is -1.67. The molecule has 102 valence electrons. The SMILES string of the molecule is C[Si](C)(C)OCOCOCNC(=O)C(F)(F)F. The van der Waals surface area contributed by atoms with E-state index in [2.05, 4.69) is 4.74 Å². The summed E-state index contributed by atoms with van der Waals surface area (Å²) in [4.78, 5) is 10.3. The third kappa shape index (κ3) is 10.2. The summed E-state index contributed by atoms with van der Waals surface area (Å²) in [6, 6.07) is 0. The van der Waals surface area contributed by atoms with Crippen LogP contribution in [0.5, 0.6) is 0 Å². The van der Waals surface area contributed by atoms with Gasteiger partial charge in [0.15, 0.2) is 15.1 Å². The Hall–Kier alpha value is -0.643. The van der Waals surface area contributed by atoms with Crippen LogP contribution in [0.3, 0.4) is 0 Å². The Morgan fingerprint density at radius 2 is 1.76 bits per heavy atom. The van der Waals surface area contributed by atoms with E-state index in [1.807, 2.05) is 19.6 Å². The lowest BCUT2D eigenvalue weighted by Gasteiger charge is -2.16. The van der Waals surface area contributed by atoms with Gasteiger partial charge in [-0.15, -0.1) is 0 Å². The van der Waals surface area contributed by atoms with Crippen LogP contribution < -0.4 is 5.32 Å². The summed E-state index contributed by atoms with van der Waals surface area (Å²) < 4.78 is 49.8. The minimum atomic E-state index is -4.90. The van der Waals surface area contributed by atoms with Crippen molar-refractivity contribution in [3.8, 4) is 0 Å². The van der Waals surface area contributed by atoms with Crippen LogP contribution in [-0.2, 0) is 18.7 Å². The average Bonchev–Trinajstić information content (AvgIpc) is 2.12. The first kappa shape index (κ1) is 16.4. The van der Waals surface area contributed by atoms with E-state index in [1.54, 1.807) is 0 Å². The van der Waals surface area contributed by atoms with Gasteiger partial charge in [-0.1, -0.05) is 0 Å². The quantitative estimate of drug-likeness (QED) is 0.434. The van der Waals surface area contributed by atoms with E-state index in [9.17, 15) is 18.0 Å². The normalized spacial score (nSPS) is 12.6. The first-order valence-electron chi connectivity index (χ1n) is 4.77. The Morgan fingerprint density at radius 3 is 2.24 bits per heavy atom. The van der Waals surface area contributed by atoms with E-state index in [0.717, 1.165) is 0 Å². The van der Waals surface area contributed by atoms with Crippen LogP contribution in [0.4, 0.5) is 13.2 Å². The van der Waals surface area contributed by atoms with E-state index in [0.29, 0.717) is 0 Å². The molecule has 0 aliphatic heterocycles. The van der Waals surface area contributed by atoms with Gasteiger partial charge in [0.25, 0.3) is 0 Å². The molecule has 0 aromatic carbocycles. The second-order valence-electron chi connectivity index (χ2n) is 4.05. The fourth-order valence-electron chi connectivity index (χ4n) is 0.570. The number of ether oxygens (including phenoxy) is 2. The van der Waals surface area contributed by atoms with Gasteiger partial charge in [-0.2, -0.15) is 13.2 Å². The molecule has 0 saturated heterocycles. The van der Waals surface area contributed by atoms with Crippen LogP contribution in [0.15, 0.2) is 0 Å². The molecule has 1 amide bonds. The van der Waals surface area contributed by atoms with Gasteiger partial charge in [0.05, 0.1) is 0 Å². The number of amides is 1. The monoisotopic (exact) mass is 275 g/mol. The second-order valence-corrected chi connectivity index (χ2v) is 8.56. The molecule has 0 aromatic heterocycles. The minimum absolute atomic E-state index is 0.0168. The standard InChI is InChI=1S/C8H16F3NO4Si/c1-17(2,3)16-6-15-5-14-4-12-7(13)8(9,10)11/h4-6H2,1-3H3,(H,12,13). The average molecular weight is 275 g/mol. The third-order valence-corrected chi connectivity index (χ3v) is 2.32. The van der Waals surface area contributed by atoms with E-state index in [-0.39, 0.29) is 13.6 Å². The van der Waals surface area contributed by atoms with Crippen molar-refractivity contribution in [1.82, 2.24) is 5.32 Å². The van der Waals surface area contributed by atoms with Crippen LogP contribution in [0.2, 0.25) is 19.6 Å². The fourth-order valence-corrected chi connectivity index (χ4v) is 1.01. The number of carbonyl (C=O) groups is 1. The second kappa shape index (κ2) is 6.94. The lowest BCUT2D eigenvalue weighted by molar-refractivity contribution is -0.177. The summed E-state index contributed by atoms with van der Waals surface area (Å²) in [5.41, 5.74) is 0. The van der Waals surface area contributed by atoms with Gasteiger partial charge in [-0.3, -0.25) is 4.79 Å². The topological polar surface area (TPSA) is 56.8 Å². The van der Waals surface area contributed by atoms with Gasteiger partial charge in [0.2, 0.25) is 0 Å². The van der Waals surface area contributed by atoms with Crippen molar-refractivity contribution in [2.45, 2.75) is 25.8 Å². The molecule has 0 bridgehead atoms. The Morgan fingerprint density at radius 1 is 1.18 bits per heavy atom. The van der Waals surface area contributed by atoms with Crippen molar-refractivity contribution in [1.29, 1.82) is 0 Å². The molecule has 0 atom stereocenters. The van der Waals surface area contributed by atoms with Crippen LogP contribution in [0.25, 0.3) is 0 Å². The number of carbonyl (C=O) groups excluding carboxylic acids is 1. The molecule has 1 N–H and O–H groups in total. The zero-order chi connectivity index (χ0) is 13.5. The largest absolute Gasteiger partial charge is 0.471 e. The molecule has 0 aliphatic carbocycles. The van der Waals surface area contributed by atoms with Crippen molar-refractivity contribution >= 4 is 14.2 Å². The zero-order valence-electron chi connectivity index (χ0n) is 9.89. The first-order valence-corrected chi connectivity index (χ1v) is 8.18. The molecule has 17 heavy (non-hydrogen) atoms. The number of halogens is 3. The molecule has 0 unspecified atom stereocenters. The Labute approximate surface area is 98.3 Å². The predicted molar refractivity (Wildman–Crippen MR) is 55.4 cm³/mol. The van der Waals surface area contributed by atoms with E-state index < -0.39 is 27.1 Å². The Balaban J connectivity index is 3.39. The summed E-state index contributed by atoms with van der Waals surface area (Å²) in [6.07, 6.45) is -4.90. The van der Waals surface area contributed by atoms with Gasteiger partial charge < -0.3 is 19.2 Å². The maximum Gasteiger partial charge on any atom is 0.471 e. The molecule has 0 heterocycles. The van der Waals surface area contributed by atoms with E-state index in [4.69, 9.17) is 9.16 Å². The number of hydrogen-bond donors (Lipinski definition) is 1. The maximum absolute atomic E-state index is 11.7. The van der Waals surface area contributed by atoms with Gasteiger partial charge in [-0.05, 0) is 19.6 Å². The number of hydrogen-bond acceptors (Lipinski definition) is 4.